The lowest BCUT2D eigenvalue weighted by Gasteiger charge is -2.03. The number of nitrogens with zero attached hydrogens (tertiary/aromatic N) is 3. The summed E-state index contributed by atoms with van der Waals surface area (Å²) in [7, 11) is 0. The molecule has 0 aliphatic heterocycles. The largest absolute Gasteiger partial charge is 0.329 e. The van der Waals surface area contributed by atoms with Gasteiger partial charge in [0.2, 0.25) is 5.91 Å². The van der Waals surface area contributed by atoms with E-state index in [0.29, 0.717) is 11.7 Å². The monoisotopic (exact) mass is 356 g/mol. The molecule has 3 aromatic rings. The van der Waals surface area contributed by atoms with Crippen molar-refractivity contribution in [2.75, 3.05) is 5.32 Å². The van der Waals surface area contributed by atoms with E-state index in [1.165, 1.54) is 4.88 Å². The van der Waals surface area contributed by atoms with Crippen LogP contribution in [-0.2, 0) is 30.7 Å². The minimum atomic E-state index is -0.214. The fourth-order valence-electron chi connectivity index (χ4n) is 3.41. The summed E-state index contributed by atoms with van der Waals surface area (Å²) in [5.74, 6) is -0.214. The molecule has 7 heteroatoms. The first-order valence-electron chi connectivity index (χ1n) is 8.64. The number of para-hydroxylation sites is 2. The van der Waals surface area contributed by atoms with Crippen molar-refractivity contribution >= 4 is 33.4 Å². The van der Waals surface area contributed by atoms with Gasteiger partial charge in [0.1, 0.15) is 6.54 Å². The maximum absolute atomic E-state index is 12.7. The van der Waals surface area contributed by atoms with Crippen LogP contribution in [-0.4, -0.2) is 20.0 Å². The van der Waals surface area contributed by atoms with Crippen LogP contribution in [0.1, 0.15) is 30.3 Å². The molecule has 0 spiro atoms. The maximum Gasteiger partial charge on any atom is 0.329 e. The van der Waals surface area contributed by atoms with Crippen molar-refractivity contribution in [2.45, 2.75) is 45.7 Å². The van der Waals surface area contributed by atoms with Gasteiger partial charge in [-0.2, -0.15) is 0 Å². The molecule has 25 heavy (non-hydrogen) atoms. The van der Waals surface area contributed by atoms with Crippen molar-refractivity contribution in [3.05, 3.63) is 45.3 Å². The molecule has 1 N–H and O–H groups in total. The third-order valence-corrected chi connectivity index (χ3v) is 5.59. The van der Waals surface area contributed by atoms with E-state index in [2.05, 4.69) is 10.3 Å². The predicted molar refractivity (Wildman–Crippen MR) is 99.3 cm³/mol. The molecular formula is C18H20N4O2S. The zero-order valence-corrected chi connectivity index (χ0v) is 14.9. The highest BCUT2D eigenvalue weighted by Gasteiger charge is 2.19. The molecule has 1 aliphatic rings. The molecule has 0 saturated carbocycles. The quantitative estimate of drug-likeness (QED) is 0.764. The summed E-state index contributed by atoms with van der Waals surface area (Å²) in [5, 5.41) is 3.49. The molecule has 0 radical (unpaired) electrons. The minimum Gasteiger partial charge on any atom is -0.300 e. The van der Waals surface area contributed by atoms with Gasteiger partial charge in [0, 0.05) is 11.4 Å². The number of anilines is 1. The number of aryl methyl sites for hydroxylation is 3. The van der Waals surface area contributed by atoms with Crippen molar-refractivity contribution in [1.29, 1.82) is 0 Å². The summed E-state index contributed by atoms with van der Waals surface area (Å²) in [6.45, 7) is 2.68. The van der Waals surface area contributed by atoms with Gasteiger partial charge in [0.05, 0.1) is 16.7 Å². The second-order valence-electron chi connectivity index (χ2n) is 6.30. The zero-order chi connectivity index (χ0) is 17.4. The molecule has 6 nitrogen and oxygen atoms in total. The number of thiazole rings is 1. The lowest BCUT2D eigenvalue weighted by Crippen LogP contribution is -2.29. The summed E-state index contributed by atoms with van der Waals surface area (Å²) in [6, 6.07) is 7.60. The molecule has 130 valence electrons. The molecule has 2 heterocycles. The summed E-state index contributed by atoms with van der Waals surface area (Å²) >= 11 is 1.55. The van der Waals surface area contributed by atoms with Crippen LogP contribution in [0.3, 0.4) is 0 Å². The Morgan fingerprint density at radius 1 is 1.24 bits per heavy atom. The van der Waals surface area contributed by atoms with E-state index < -0.39 is 0 Å². The summed E-state index contributed by atoms with van der Waals surface area (Å²) in [5.41, 5.74) is 2.63. The van der Waals surface area contributed by atoms with Crippen LogP contribution in [0.25, 0.3) is 11.0 Å². The Morgan fingerprint density at radius 3 is 2.72 bits per heavy atom. The molecule has 0 fully saturated rings. The Kier molecular flexibility index (Phi) is 4.17. The topological polar surface area (TPSA) is 68.9 Å². The smallest absolute Gasteiger partial charge is 0.300 e. The van der Waals surface area contributed by atoms with Crippen LogP contribution in [0.4, 0.5) is 5.13 Å². The second-order valence-corrected chi connectivity index (χ2v) is 7.38. The van der Waals surface area contributed by atoms with Gasteiger partial charge in [0.25, 0.3) is 0 Å². The molecule has 0 bridgehead atoms. The first-order valence-corrected chi connectivity index (χ1v) is 9.45. The van der Waals surface area contributed by atoms with Gasteiger partial charge in [-0.3, -0.25) is 13.9 Å². The number of hydrogen-bond donors (Lipinski definition) is 1. The number of fused-ring (bicyclic) bond motifs is 2. The Labute approximate surface area is 149 Å². The molecule has 2 aromatic heterocycles. The SMILES string of the molecule is CCCn1c(=O)n(CC(=O)Nc2nc3c(s2)CCC3)c2ccccc21. The normalized spacial score (nSPS) is 13.3. The minimum absolute atomic E-state index is 0.000305. The highest BCUT2D eigenvalue weighted by atomic mass is 32.1. The van der Waals surface area contributed by atoms with Gasteiger partial charge < -0.3 is 5.32 Å². The third-order valence-electron chi connectivity index (χ3n) is 4.52. The lowest BCUT2D eigenvalue weighted by atomic mass is 10.3. The maximum atomic E-state index is 12.7. The van der Waals surface area contributed by atoms with E-state index in [0.717, 1.165) is 42.4 Å². The fourth-order valence-corrected chi connectivity index (χ4v) is 4.48. The average molecular weight is 356 g/mol. The van der Waals surface area contributed by atoms with Gasteiger partial charge in [0.15, 0.2) is 5.13 Å². The molecule has 1 aliphatic carbocycles. The highest BCUT2D eigenvalue weighted by molar-refractivity contribution is 7.15. The number of hydrogen-bond acceptors (Lipinski definition) is 4. The van der Waals surface area contributed by atoms with Crippen LogP contribution < -0.4 is 11.0 Å². The molecular weight excluding hydrogens is 336 g/mol. The first kappa shape index (κ1) is 16.1. The molecule has 0 saturated heterocycles. The van der Waals surface area contributed by atoms with Crippen LogP contribution in [0.2, 0.25) is 0 Å². The van der Waals surface area contributed by atoms with Crippen LogP contribution in [0.15, 0.2) is 29.1 Å². The Balaban J connectivity index is 1.60. The van der Waals surface area contributed by atoms with E-state index in [4.69, 9.17) is 0 Å². The zero-order valence-electron chi connectivity index (χ0n) is 14.1. The molecule has 0 unspecified atom stereocenters. The standard InChI is InChI=1S/C18H20N4O2S/c1-2-10-21-13-7-3-4-8-14(13)22(18(21)24)11-16(23)20-17-19-12-6-5-9-15(12)25-17/h3-4,7-8H,2,5-6,9-11H2,1H3,(H,19,20,23). The van der Waals surface area contributed by atoms with Crippen molar-refractivity contribution in [3.63, 3.8) is 0 Å². The van der Waals surface area contributed by atoms with Crippen LogP contribution in [0, 0.1) is 0 Å². The van der Waals surface area contributed by atoms with Gasteiger partial charge >= 0.3 is 5.69 Å². The van der Waals surface area contributed by atoms with E-state index >= 15 is 0 Å². The molecule has 1 amide bonds. The van der Waals surface area contributed by atoms with Crippen molar-refractivity contribution in [2.24, 2.45) is 0 Å². The number of carbonyl (C=O) groups is 1. The number of imidazole rings is 1. The van der Waals surface area contributed by atoms with E-state index in [1.54, 1.807) is 20.5 Å². The van der Waals surface area contributed by atoms with Crippen molar-refractivity contribution in [3.8, 4) is 0 Å². The summed E-state index contributed by atoms with van der Waals surface area (Å²) in [4.78, 5) is 30.9. The molecule has 1 aromatic carbocycles. The van der Waals surface area contributed by atoms with Crippen molar-refractivity contribution in [1.82, 2.24) is 14.1 Å². The summed E-state index contributed by atoms with van der Waals surface area (Å²) in [6.07, 6.45) is 4.05. The van der Waals surface area contributed by atoms with Crippen LogP contribution >= 0.6 is 11.3 Å². The van der Waals surface area contributed by atoms with Gasteiger partial charge in [-0.25, -0.2) is 9.78 Å². The molecule has 0 atom stereocenters. The van der Waals surface area contributed by atoms with Crippen LogP contribution in [0.5, 0.6) is 0 Å². The van der Waals surface area contributed by atoms with Gasteiger partial charge in [-0.05, 0) is 37.8 Å². The fraction of sp³-hybridized carbons (Fsp3) is 0.389. The van der Waals surface area contributed by atoms with Gasteiger partial charge in [-0.1, -0.05) is 19.1 Å². The number of benzene rings is 1. The number of carbonyl (C=O) groups excluding carboxylic acids is 1. The van der Waals surface area contributed by atoms with E-state index in [1.807, 2.05) is 31.2 Å². The third kappa shape index (κ3) is 2.89. The second kappa shape index (κ2) is 6.48. The highest BCUT2D eigenvalue weighted by Crippen LogP contribution is 2.30. The number of amides is 1. The number of nitrogens with one attached hydrogen (secondary N) is 1. The average Bonchev–Trinajstić information content (AvgIpc) is 3.24. The Morgan fingerprint density at radius 2 is 2.00 bits per heavy atom. The number of rotatable bonds is 5. The summed E-state index contributed by atoms with van der Waals surface area (Å²) < 4.78 is 3.28. The Hall–Kier alpha value is -2.41. The first-order chi connectivity index (χ1) is 12.2. The lowest BCUT2D eigenvalue weighted by molar-refractivity contribution is -0.116. The van der Waals surface area contributed by atoms with Gasteiger partial charge in [-0.15, -0.1) is 11.3 Å². The Bertz CT molecular complexity index is 977. The van der Waals surface area contributed by atoms with E-state index in [-0.39, 0.29) is 18.1 Å². The predicted octanol–water partition coefficient (Wildman–Crippen LogP) is 2.80. The van der Waals surface area contributed by atoms with Crippen molar-refractivity contribution < 1.29 is 4.79 Å². The number of aromatic nitrogens is 3. The molecule has 4 rings (SSSR count). The van der Waals surface area contributed by atoms with E-state index in [9.17, 15) is 9.59 Å².